The van der Waals surface area contributed by atoms with Gasteiger partial charge in [-0.3, -0.25) is 4.79 Å². The summed E-state index contributed by atoms with van der Waals surface area (Å²) in [4.78, 5) is 16.2. The molecule has 2 aromatic rings. The van der Waals surface area contributed by atoms with E-state index in [1.54, 1.807) is 19.0 Å². The largest absolute Gasteiger partial charge is 0.494 e. The van der Waals surface area contributed by atoms with Gasteiger partial charge in [0.05, 0.1) is 17.2 Å². The van der Waals surface area contributed by atoms with E-state index in [0.29, 0.717) is 23.1 Å². The summed E-state index contributed by atoms with van der Waals surface area (Å²) < 4.78 is 6.84. The number of amides is 1. The van der Waals surface area contributed by atoms with Crippen LogP contribution in [-0.4, -0.2) is 56.0 Å². The zero-order valence-corrected chi connectivity index (χ0v) is 21.0. The minimum Gasteiger partial charge on any atom is -0.494 e. The maximum absolute atomic E-state index is 12.1. The lowest BCUT2D eigenvalue weighted by Gasteiger charge is -2.32. The van der Waals surface area contributed by atoms with Crippen LogP contribution < -0.4 is 4.74 Å². The van der Waals surface area contributed by atoms with E-state index in [4.69, 9.17) is 16.3 Å². The summed E-state index contributed by atoms with van der Waals surface area (Å²) >= 11 is 10.1. The Labute approximate surface area is 199 Å². The van der Waals surface area contributed by atoms with Crippen LogP contribution in [0, 0.1) is 5.92 Å². The van der Waals surface area contributed by atoms with E-state index in [0.717, 1.165) is 38.2 Å². The smallest absolute Gasteiger partial charge is 0.254 e. The third kappa shape index (κ3) is 6.71. The van der Waals surface area contributed by atoms with E-state index >= 15 is 0 Å². The maximum Gasteiger partial charge on any atom is 0.254 e. The van der Waals surface area contributed by atoms with E-state index < -0.39 is 0 Å². The molecule has 31 heavy (non-hydrogen) atoms. The van der Waals surface area contributed by atoms with Crippen molar-refractivity contribution in [1.82, 2.24) is 9.80 Å². The first-order chi connectivity index (χ1) is 14.9. The zero-order chi connectivity index (χ0) is 22.4. The molecule has 6 heteroatoms. The molecule has 0 bridgehead atoms. The highest BCUT2D eigenvalue weighted by Gasteiger charge is 2.21. The average molecular weight is 508 g/mol. The van der Waals surface area contributed by atoms with Crippen molar-refractivity contribution >= 4 is 33.4 Å². The van der Waals surface area contributed by atoms with Crippen molar-refractivity contribution < 1.29 is 9.53 Å². The van der Waals surface area contributed by atoms with E-state index in [1.165, 1.54) is 28.4 Å². The van der Waals surface area contributed by atoms with Crippen molar-refractivity contribution in [1.29, 1.82) is 0 Å². The van der Waals surface area contributed by atoms with Crippen LogP contribution >= 0.6 is 27.5 Å². The first-order valence-corrected chi connectivity index (χ1v) is 12.2. The van der Waals surface area contributed by atoms with Crippen LogP contribution in [0.2, 0.25) is 5.02 Å². The van der Waals surface area contributed by atoms with Gasteiger partial charge in [-0.2, -0.15) is 0 Å². The molecule has 168 valence electrons. The standard InChI is InChI=1S/C25H32BrClN2O2/c1-4-31-21-6-8-23(26)20(17-21)15-19-10-13-29(14-11-19)12-9-18-5-7-22(24(27)16-18)25(30)28(2)3/h5-8,16-17,19H,4,9-15H2,1-3H3. The van der Waals surface area contributed by atoms with Crippen molar-refractivity contribution in [2.24, 2.45) is 5.92 Å². The molecule has 1 aliphatic heterocycles. The van der Waals surface area contributed by atoms with Gasteiger partial charge in [0, 0.05) is 25.1 Å². The Balaban J connectivity index is 1.48. The highest BCUT2D eigenvalue weighted by molar-refractivity contribution is 9.10. The van der Waals surface area contributed by atoms with Gasteiger partial charge in [-0.25, -0.2) is 0 Å². The lowest BCUT2D eigenvalue weighted by Crippen LogP contribution is -2.35. The number of rotatable bonds is 8. The fraction of sp³-hybridized carbons (Fsp3) is 0.480. The van der Waals surface area contributed by atoms with E-state index in [1.807, 2.05) is 31.2 Å². The molecular formula is C25H32BrClN2O2. The minimum absolute atomic E-state index is 0.0583. The summed E-state index contributed by atoms with van der Waals surface area (Å²) in [6.45, 7) is 5.98. The number of carbonyl (C=O) groups is 1. The first-order valence-electron chi connectivity index (χ1n) is 11.0. The van der Waals surface area contributed by atoms with Gasteiger partial charge in [-0.05, 0) is 93.1 Å². The predicted molar refractivity (Wildman–Crippen MR) is 131 cm³/mol. The van der Waals surface area contributed by atoms with Crippen molar-refractivity contribution in [2.45, 2.75) is 32.6 Å². The Morgan fingerprint density at radius 2 is 1.94 bits per heavy atom. The molecule has 3 rings (SSSR count). The Morgan fingerprint density at radius 3 is 2.58 bits per heavy atom. The van der Waals surface area contributed by atoms with Crippen LogP contribution in [0.15, 0.2) is 40.9 Å². The fourth-order valence-electron chi connectivity index (χ4n) is 4.10. The van der Waals surface area contributed by atoms with Gasteiger partial charge >= 0.3 is 0 Å². The Morgan fingerprint density at radius 1 is 1.19 bits per heavy atom. The second kappa shape index (κ2) is 11.3. The zero-order valence-electron chi connectivity index (χ0n) is 18.7. The molecule has 0 saturated carbocycles. The Hall–Kier alpha value is -1.56. The van der Waals surface area contributed by atoms with Crippen LogP contribution in [0.1, 0.15) is 41.3 Å². The van der Waals surface area contributed by atoms with E-state index in [9.17, 15) is 4.79 Å². The van der Waals surface area contributed by atoms with Gasteiger partial charge in [0.15, 0.2) is 0 Å². The molecule has 0 unspecified atom stereocenters. The molecule has 4 nitrogen and oxygen atoms in total. The number of ether oxygens (including phenoxy) is 1. The second-order valence-electron chi connectivity index (χ2n) is 8.44. The summed E-state index contributed by atoms with van der Waals surface area (Å²) in [6.07, 6.45) is 4.46. The molecule has 0 spiro atoms. The van der Waals surface area contributed by atoms with Crippen molar-refractivity contribution in [3.8, 4) is 5.75 Å². The molecule has 1 aliphatic rings. The van der Waals surface area contributed by atoms with Crippen LogP contribution in [-0.2, 0) is 12.8 Å². The fourth-order valence-corrected chi connectivity index (χ4v) is 4.80. The Bertz CT molecular complexity index is 895. The molecule has 1 fully saturated rings. The molecule has 0 N–H and O–H groups in total. The van der Waals surface area contributed by atoms with Gasteiger partial charge in [0.2, 0.25) is 0 Å². The molecule has 0 aliphatic carbocycles. The van der Waals surface area contributed by atoms with Gasteiger partial charge in [0.1, 0.15) is 5.75 Å². The molecule has 1 amide bonds. The minimum atomic E-state index is -0.0583. The number of nitrogens with zero attached hydrogens (tertiary/aromatic N) is 2. The molecule has 0 atom stereocenters. The van der Waals surface area contributed by atoms with Crippen LogP contribution in [0.3, 0.4) is 0 Å². The number of benzene rings is 2. The summed E-state index contributed by atoms with van der Waals surface area (Å²) in [6, 6.07) is 12.1. The topological polar surface area (TPSA) is 32.8 Å². The summed E-state index contributed by atoms with van der Waals surface area (Å²) in [5.41, 5.74) is 3.08. The SMILES string of the molecule is CCOc1ccc(Br)c(CC2CCN(CCc3ccc(C(=O)N(C)C)c(Cl)c3)CC2)c1. The normalized spacial score (nSPS) is 15.1. The molecule has 1 heterocycles. The third-order valence-corrected chi connectivity index (χ3v) is 7.02. The lowest BCUT2D eigenvalue weighted by atomic mass is 9.90. The second-order valence-corrected chi connectivity index (χ2v) is 9.70. The van der Waals surface area contributed by atoms with E-state index in [-0.39, 0.29) is 5.91 Å². The number of piperidine rings is 1. The van der Waals surface area contributed by atoms with Crippen LogP contribution in [0.5, 0.6) is 5.75 Å². The molecule has 0 aromatic heterocycles. The number of likely N-dealkylation sites (tertiary alicyclic amines) is 1. The number of halogens is 2. The quantitative estimate of drug-likeness (QED) is 0.459. The lowest BCUT2D eigenvalue weighted by molar-refractivity contribution is 0.0828. The van der Waals surface area contributed by atoms with Gasteiger partial charge in [-0.15, -0.1) is 0 Å². The van der Waals surface area contributed by atoms with Crippen molar-refractivity contribution in [2.75, 3.05) is 40.3 Å². The highest BCUT2D eigenvalue weighted by Crippen LogP contribution is 2.29. The molecule has 1 saturated heterocycles. The molecular weight excluding hydrogens is 476 g/mol. The third-order valence-electron chi connectivity index (χ3n) is 5.93. The first kappa shape index (κ1) is 24.1. The summed E-state index contributed by atoms with van der Waals surface area (Å²) in [5.74, 6) is 1.60. The molecule has 0 radical (unpaired) electrons. The van der Waals surface area contributed by atoms with Gasteiger partial charge < -0.3 is 14.5 Å². The Kier molecular flexibility index (Phi) is 8.82. The summed E-state index contributed by atoms with van der Waals surface area (Å²) in [5, 5.41) is 0.537. The van der Waals surface area contributed by atoms with Gasteiger partial charge in [-0.1, -0.05) is 33.6 Å². The number of carbonyl (C=O) groups excluding carboxylic acids is 1. The number of hydrogen-bond donors (Lipinski definition) is 0. The average Bonchev–Trinajstić information content (AvgIpc) is 2.75. The van der Waals surface area contributed by atoms with E-state index in [2.05, 4.69) is 33.0 Å². The van der Waals surface area contributed by atoms with Gasteiger partial charge in [0.25, 0.3) is 5.91 Å². The van der Waals surface area contributed by atoms with Crippen LogP contribution in [0.4, 0.5) is 0 Å². The highest BCUT2D eigenvalue weighted by atomic mass is 79.9. The van der Waals surface area contributed by atoms with Crippen LogP contribution in [0.25, 0.3) is 0 Å². The maximum atomic E-state index is 12.1. The predicted octanol–water partition coefficient (Wildman–Crippen LogP) is 5.70. The van der Waals surface area contributed by atoms with Crippen molar-refractivity contribution in [3.05, 3.63) is 62.6 Å². The van der Waals surface area contributed by atoms with Crippen molar-refractivity contribution in [3.63, 3.8) is 0 Å². The molecule has 2 aromatic carbocycles. The monoisotopic (exact) mass is 506 g/mol. The summed E-state index contributed by atoms with van der Waals surface area (Å²) in [7, 11) is 3.48. The number of hydrogen-bond acceptors (Lipinski definition) is 3.